The van der Waals surface area contributed by atoms with E-state index >= 15 is 0 Å². The van der Waals surface area contributed by atoms with Gasteiger partial charge in [-0.15, -0.1) is 0 Å². The molecule has 0 aliphatic carbocycles. The van der Waals surface area contributed by atoms with Crippen LogP contribution < -0.4 is 11.0 Å². The number of hydroxylamine groups is 1. The second-order valence-corrected chi connectivity index (χ2v) is 3.55. The van der Waals surface area contributed by atoms with Crippen LogP contribution in [-0.4, -0.2) is 36.0 Å². The van der Waals surface area contributed by atoms with Gasteiger partial charge in [0.1, 0.15) is 0 Å². The van der Waals surface area contributed by atoms with E-state index in [0.717, 1.165) is 6.42 Å². The van der Waals surface area contributed by atoms with E-state index in [-0.39, 0.29) is 17.9 Å². The molecule has 1 heterocycles. The third-order valence-electron chi connectivity index (χ3n) is 2.09. The van der Waals surface area contributed by atoms with Crippen LogP contribution in [0.4, 0.5) is 0 Å². The number of rotatable bonds is 7. The second-order valence-electron chi connectivity index (χ2n) is 3.55. The summed E-state index contributed by atoms with van der Waals surface area (Å²) in [6.45, 7) is 3.03. The van der Waals surface area contributed by atoms with Gasteiger partial charge in [0.2, 0.25) is 0 Å². The SMILES string of the molecule is CCCn1nc(C(=O)NOCCOC)ccc1=O. The molecule has 0 aliphatic rings. The van der Waals surface area contributed by atoms with Crippen LogP contribution in [0.2, 0.25) is 0 Å². The lowest BCUT2D eigenvalue weighted by Gasteiger charge is -2.06. The Hall–Kier alpha value is -1.73. The van der Waals surface area contributed by atoms with Crippen molar-refractivity contribution in [3.8, 4) is 0 Å². The van der Waals surface area contributed by atoms with Crippen molar-refractivity contribution in [2.45, 2.75) is 19.9 Å². The minimum absolute atomic E-state index is 0.139. The zero-order valence-electron chi connectivity index (χ0n) is 10.5. The first-order chi connectivity index (χ1) is 8.69. The fraction of sp³-hybridized carbons (Fsp3) is 0.545. The molecule has 18 heavy (non-hydrogen) atoms. The summed E-state index contributed by atoms with van der Waals surface area (Å²) in [7, 11) is 1.54. The fourth-order valence-corrected chi connectivity index (χ4v) is 1.24. The molecule has 0 unspecified atom stereocenters. The van der Waals surface area contributed by atoms with Gasteiger partial charge in [-0.05, 0) is 12.5 Å². The maximum Gasteiger partial charge on any atom is 0.295 e. The Morgan fingerprint density at radius 2 is 2.22 bits per heavy atom. The lowest BCUT2D eigenvalue weighted by Crippen LogP contribution is -2.30. The largest absolute Gasteiger partial charge is 0.382 e. The normalized spacial score (nSPS) is 10.3. The minimum Gasteiger partial charge on any atom is -0.382 e. The Bertz CT molecular complexity index is 444. The van der Waals surface area contributed by atoms with Gasteiger partial charge in [0.05, 0.1) is 13.2 Å². The second kappa shape index (κ2) is 7.57. The number of nitrogens with zero attached hydrogens (tertiary/aromatic N) is 2. The monoisotopic (exact) mass is 255 g/mol. The fourth-order valence-electron chi connectivity index (χ4n) is 1.24. The third kappa shape index (κ3) is 4.27. The topological polar surface area (TPSA) is 82.5 Å². The molecule has 7 heteroatoms. The van der Waals surface area contributed by atoms with Crippen LogP contribution in [0.25, 0.3) is 0 Å². The van der Waals surface area contributed by atoms with Crippen LogP contribution in [0, 0.1) is 0 Å². The van der Waals surface area contributed by atoms with E-state index in [1.165, 1.54) is 23.9 Å². The van der Waals surface area contributed by atoms with Crippen molar-refractivity contribution in [1.29, 1.82) is 0 Å². The number of carbonyl (C=O) groups excluding carboxylic acids is 1. The summed E-state index contributed by atoms with van der Waals surface area (Å²) in [6.07, 6.45) is 0.766. The van der Waals surface area contributed by atoms with Gasteiger partial charge in [0.15, 0.2) is 5.69 Å². The van der Waals surface area contributed by atoms with Crippen molar-refractivity contribution in [1.82, 2.24) is 15.3 Å². The molecule has 0 atom stereocenters. The molecule has 0 spiro atoms. The molecule has 0 bridgehead atoms. The van der Waals surface area contributed by atoms with Gasteiger partial charge in [-0.1, -0.05) is 6.92 Å². The Morgan fingerprint density at radius 1 is 1.44 bits per heavy atom. The predicted molar refractivity (Wildman–Crippen MR) is 64.1 cm³/mol. The van der Waals surface area contributed by atoms with Gasteiger partial charge in [0, 0.05) is 19.7 Å². The number of nitrogens with one attached hydrogen (secondary N) is 1. The zero-order valence-corrected chi connectivity index (χ0v) is 10.5. The first kappa shape index (κ1) is 14.3. The molecule has 0 aliphatic heterocycles. The summed E-state index contributed by atoms with van der Waals surface area (Å²) in [5.41, 5.74) is 2.14. The van der Waals surface area contributed by atoms with E-state index in [1.807, 2.05) is 6.92 Å². The average Bonchev–Trinajstić information content (AvgIpc) is 2.37. The first-order valence-electron chi connectivity index (χ1n) is 5.68. The highest BCUT2D eigenvalue weighted by molar-refractivity contribution is 5.91. The van der Waals surface area contributed by atoms with Gasteiger partial charge >= 0.3 is 0 Å². The highest BCUT2D eigenvalue weighted by atomic mass is 16.7. The molecule has 1 aromatic heterocycles. The highest BCUT2D eigenvalue weighted by Crippen LogP contribution is 1.92. The molecule has 0 saturated heterocycles. The first-order valence-corrected chi connectivity index (χ1v) is 5.68. The average molecular weight is 255 g/mol. The van der Waals surface area contributed by atoms with Crippen molar-refractivity contribution in [2.75, 3.05) is 20.3 Å². The van der Waals surface area contributed by atoms with Crippen molar-refractivity contribution in [3.63, 3.8) is 0 Å². The zero-order chi connectivity index (χ0) is 13.4. The standard InChI is InChI=1S/C11H17N3O4/c1-3-6-14-10(15)5-4-9(12-14)11(16)13-18-8-7-17-2/h4-5H,3,6-8H2,1-2H3,(H,13,16). The van der Waals surface area contributed by atoms with Gasteiger partial charge < -0.3 is 4.74 Å². The molecule has 0 aromatic carbocycles. The number of hydrogen-bond donors (Lipinski definition) is 1. The smallest absolute Gasteiger partial charge is 0.295 e. The number of carbonyl (C=O) groups is 1. The molecule has 1 amide bonds. The van der Waals surface area contributed by atoms with Crippen molar-refractivity contribution in [2.24, 2.45) is 0 Å². The van der Waals surface area contributed by atoms with Crippen LogP contribution in [0.3, 0.4) is 0 Å². The summed E-state index contributed by atoms with van der Waals surface area (Å²) in [5, 5.41) is 3.94. The van der Waals surface area contributed by atoms with Crippen molar-refractivity contribution < 1.29 is 14.4 Å². The predicted octanol–water partition coefficient (Wildman–Crippen LogP) is -0.0389. The van der Waals surface area contributed by atoms with Crippen LogP contribution >= 0.6 is 0 Å². The van der Waals surface area contributed by atoms with Crippen LogP contribution in [0.5, 0.6) is 0 Å². The van der Waals surface area contributed by atoms with E-state index in [2.05, 4.69) is 10.6 Å². The van der Waals surface area contributed by atoms with E-state index in [1.54, 1.807) is 0 Å². The lowest BCUT2D eigenvalue weighted by atomic mass is 10.4. The number of aromatic nitrogens is 2. The van der Waals surface area contributed by atoms with E-state index in [9.17, 15) is 9.59 Å². The minimum atomic E-state index is -0.490. The molecular formula is C11H17N3O4. The lowest BCUT2D eigenvalue weighted by molar-refractivity contribution is 0.00844. The van der Waals surface area contributed by atoms with Gasteiger partial charge in [-0.2, -0.15) is 5.10 Å². The number of ether oxygens (including phenoxy) is 1. The molecular weight excluding hydrogens is 238 g/mol. The Kier molecular flexibility index (Phi) is 6.03. The number of hydrogen-bond acceptors (Lipinski definition) is 5. The third-order valence-corrected chi connectivity index (χ3v) is 2.09. The Morgan fingerprint density at radius 3 is 2.89 bits per heavy atom. The van der Waals surface area contributed by atoms with E-state index in [4.69, 9.17) is 9.57 Å². The van der Waals surface area contributed by atoms with E-state index in [0.29, 0.717) is 13.2 Å². The quantitative estimate of drug-likeness (QED) is 0.546. The molecule has 0 saturated carbocycles. The summed E-state index contributed by atoms with van der Waals surface area (Å²) in [6, 6.07) is 2.68. The number of amides is 1. The van der Waals surface area contributed by atoms with Gasteiger partial charge in [-0.3, -0.25) is 14.4 Å². The highest BCUT2D eigenvalue weighted by Gasteiger charge is 2.09. The van der Waals surface area contributed by atoms with Crippen LogP contribution in [0.15, 0.2) is 16.9 Å². The molecule has 1 rings (SSSR count). The van der Waals surface area contributed by atoms with Gasteiger partial charge in [-0.25, -0.2) is 10.2 Å². The van der Waals surface area contributed by atoms with Crippen LogP contribution in [0.1, 0.15) is 23.8 Å². The molecule has 0 radical (unpaired) electrons. The maximum absolute atomic E-state index is 11.6. The molecule has 0 fully saturated rings. The molecule has 7 nitrogen and oxygen atoms in total. The van der Waals surface area contributed by atoms with Gasteiger partial charge in [0.25, 0.3) is 11.5 Å². The number of methoxy groups -OCH3 is 1. The molecule has 100 valence electrons. The van der Waals surface area contributed by atoms with Crippen LogP contribution in [-0.2, 0) is 16.1 Å². The van der Waals surface area contributed by atoms with Crippen molar-refractivity contribution in [3.05, 3.63) is 28.2 Å². The summed E-state index contributed by atoms with van der Waals surface area (Å²) in [4.78, 5) is 27.9. The summed E-state index contributed by atoms with van der Waals surface area (Å²) in [5.74, 6) is -0.490. The Labute approximate surface area is 105 Å². The molecule has 1 N–H and O–H groups in total. The Balaban J connectivity index is 2.62. The van der Waals surface area contributed by atoms with E-state index < -0.39 is 5.91 Å². The summed E-state index contributed by atoms with van der Waals surface area (Å²) < 4.78 is 6.01. The van der Waals surface area contributed by atoms with Crippen molar-refractivity contribution >= 4 is 5.91 Å². The summed E-state index contributed by atoms with van der Waals surface area (Å²) >= 11 is 0. The maximum atomic E-state index is 11.6. The molecule has 1 aromatic rings. The number of aryl methyl sites for hydroxylation is 1.